The molecule has 1 N–H and O–H groups in total. The minimum absolute atomic E-state index is 0.153. The first-order valence-corrected chi connectivity index (χ1v) is 7.47. The molecule has 0 aliphatic heterocycles. The molecule has 0 unspecified atom stereocenters. The summed E-state index contributed by atoms with van der Waals surface area (Å²) in [7, 11) is 1.18. The van der Waals surface area contributed by atoms with E-state index in [9.17, 15) is 23.7 Å². The maximum Gasteiger partial charge on any atom is 0.387 e. The van der Waals surface area contributed by atoms with Crippen LogP contribution in [0.4, 0.5) is 14.5 Å². The Balaban J connectivity index is 2.32. The lowest BCUT2D eigenvalue weighted by atomic mass is 10.1. The molecule has 0 aromatic heterocycles. The van der Waals surface area contributed by atoms with Gasteiger partial charge in [0, 0.05) is 12.6 Å². The first kappa shape index (κ1) is 19.1. The molecule has 0 aliphatic rings. The monoisotopic (exact) mass is 366 g/mol. The molecule has 0 fully saturated rings. The zero-order valence-corrected chi connectivity index (χ0v) is 14.0. The molecule has 2 aromatic rings. The Bertz CT molecular complexity index is 827. The van der Waals surface area contributed by atoms with E-state index in [1.54, 1.807) is 6.07 Å². The smallest absolute Gasteiger partial charge is 0.387 e. The second-order valence-corrected chi connectivity index (χ2v) is 5.26. The van der Waals surface area contributed by atoms with Crippen molar-refractivity contribution in [2.45, 2.75) is 20.1 Å². The number of nitrogens with zero attached hydrogens (tertiary/aromatic N) is 1. The van der Waals surface area contributed by atoms with Gasteiger partial charge < -0.3 is 14.8 Å². The molecule has 9 heteroatoms. The van der Waals surface area contributed by atoms with Gasteiger partial charge in [-0.2, -0.15) is 8.78 Å². The number of rotatable bonds is 7. The van der Waals surface area contributed by atoms with Crippen LogP contribution < -0.4 is 14.8 Å². The largest absolute Gasteiger partial charge is 0.493 e. The predicted octanol–water partition coefficient (Wildman–Crippen LogP) is 3.44. The average molecular weight is 366 g/mol. The summed E-state index contributed by atoms with van der Waals surface area (Å²) in [4.78, 5) is 22.8. The standard InChI is InChI=1S/C17H16F2N2O5/c1-10-5-3-4-6-11(10)9-20-16(22)12-7-14(25-2)15(26-17(18)19)8-13(12)21(23)24/h3-8,17H,9H2,1-2H3,(H,20,22). The van der Waals surface area contributed by atoms with Gasteiger partial charge in [0.2, 0.25) is 0 Å². The Labute approximate surface area is 147 Å². The first-order valence-electron chi connectivity index (χ1n) is 7.47. The minimum atomic E-state index is -3.19. The summed E-state index contributed by atoms with van der Waals surface area (Å²) < 4.78 is 34.0. The van der Waals surface area contributed by atoms with Gasteiger partial charge in [-0.1, -0.05) is 24.3 Å². The Morgan fingerprint density at radius 3 is 2.54 bits per heavy atom. The SMILES string of the molecule is COc1cc(C(=O)NCc2ccccc2C)c([N+](=O)[O-])cc1OC(F)F. The van der Waals surface area contributed by atoms with E-state index in [1.807, 2.05) is 25.1 Å². The molecule has 0 bridgehead atoms. The van der Waals surface area contributed by atoms with Crippen molar-refractivity contribution in [1.29, 1.82) is 0 Å². The number of ether oxygens (including phenoxy) is 2. The number of alkyl halides is 2. The van der Waals surface area contributed by atoms with E-state index in [2.05, 4.69) is 10.1 Å². The van der Waals surface area contributed by atoms with Crippen LogP contribution in [0.25, 0.3) is 0 Å². The Morgan fingerprint density at radius 1 is 1.27 bits per heavy atom. The zero-order chi connectivity index (χ0) is 19.3. The molecule has 7 nitrogen and oxygen atoms in total. The van der Waals surface area contributed by atoms with Crippen LogP contribution in [0.15, 0.2) is 36.4 Å². The van der Waals surface area contributed by atoms with Crippen LogP contribution in [-0.2, 0) is 6.54 Å². The Morgan fingerprint density at radius 2 is 1.96 bits per heavy atom. The maximum atomic E-state index is 12.4. The maximum absolute atomic E-state index is 12.4. The number of aryl methyl sites for hydroxylation is 1. The lowest BCUT2D eigenvalue weighted by Gasteiger charge is -2.12. The molecule has 2 rings (SSSR count). The van der Waals surface area contributed by atoms with Gasteiger partial charge in [-0.15, -0.1) is 0 Å². The summed E-state index contributed by atoms with van der Waals surface area (Å²) >= 11 is 0. The van der Waals surface area contributed by atoms with E-state index in [0.717, 1.165) is 23.3 Å². The lowest BCUT2D eigenvalue weighted by Crippen LogP contribution is -2.24. The Kier molecular flexibility index (Phi) is 6.05. The molecule has 0 aliphatic carbocycles. The van der Waals surface area contributed by atoms with Crippen LogP contribution in [0.3, 0.4) is 0 Å². The van der Waals surface area contributed by atoms with Crippen LogP contribution >= 0.6 is 0 Å². The van der Waals surface area contributed by atoms with Crippen molar-refractivity contribution in [1.82, 2.24) is 5.32 Å². The summed E-state index contributed by atoms with van der Waals surface area (Å²) in [5.41, 5.74) is 0.805. The van der Waals surface area contributed by atoms with Gasteiger partial charge in [0.15, 0.2) is 11.5 Å². The molecule has 0 spiro atoms. The molecule has 26 heavy (non-hydrogen) atoms. The van der Waals surface area contributed by atoms with Crippen LogP contribution in [0.5, 0.6) is 11.5 Å². The van der Waals surface area contributed by atoms with Gasteiger partial charge in [0.25, 0.3) is 11.6 Å². The van der Waals surface area contributed by atoms with Crippen molar-refractivity contribution in [3.05, 3.63) is 63.2 Å². The van der Waals surface area contributed by atoms with E-state index < -0.39 is 28.9 Å². The number of hydrogen-bond acceptors (Lipinski definition) is 5. The number of halogens is 2. The molecule has 1 amide bonds. The van der Waals surface area contributed by atoms with Gasteiger partial charge in [0.05, 0.1) is 18.1 Å². The molecule has 2 aromatic carbocycles. The number of nitro groups is 1. The Hall–Kier alpha value is -3.23. The zero-order valence-electron chi connectivity index (χ0n) is 14.0. The van der Waals surface area contributed by atoms with Crippen molar-refractivity contribution in [3.8, 4) is 11.5 Å². The van der Waals surface area contributed by atoms with Crippen molar-refractivity contribution in [2.24, 2.45) is 0 Å². The summed E-state index contributed by atoms with van der Waals surface area (Å²) in [6.45, 7) is -1.17. The highest BCUT2D eigenvalue weighted by Gasteiger charge is 2.25. The highest BCUT2D eigenvalue weighted by Crippen LogP contribution is 2.35. The van der Waals surface area contributed by atoms with Crippen molar-refractivity contribution in [2.75, 3.05) is 7.11 Å². The summed E-state index contributed by atoms with van der Waals surface area (Å²) in [5.74, 6) is -1.47. The third kappa shape index (κ3) is 4.44. The van der Waals surface area contributed by atoms with Crippen LogP contribution in [0.1, 0.15) is 21.5 Å². The van der Waals surface area contributed by atoms with Crippen molar-refractivity contribution >= 4 is 11.6 Å². The molecule has 0 heterocycles. The molecule has 138 valence electrons. The number of carbonyl (C=O) groups excluding carboxylic acids is 1. The highest BCUT2D eigenvalue weighted by molar-refractivity contribution is 5.99. The second kappa shape index (κ2) is 8.24. The molecule has 0 atom stereocenters. The average Bonchev–Trinajstić information content (AvgIpc) is 2.59. The van der Waals surface area contributed by atoms with E-state index >= 15 is 0 Å². The fourth-order valence-electron chi connectivity index (χ4n) is 2.31. The number of benzene rings is 2. The predicted molar refractivity (Wildman–Crippen MR) is 88.6 cm³/mol. The molecule has 0 saturated carbocycles. The second-order valence-electron chi connectivity index (χ2n) is 5.26. The summed E-state index contributed by atoms with van der Waals surface area (Å²) in [5, 5.41) is 13.8. The van der Waals surface area contributed by atoms with E-state index in [1.165, 1.54) is 7.11 Å². The molecular weight excluding hydrogens is 350 g/mol. The number of hydrogen-bond donors (Lipinski definition) is 1. The van der Waals surface area contributed by atoms with E-state index in [-0.39, 0.29) is 17.9 Å². The summed E-state index contributed by atoms with van der Waals surface area (Å²) in [6, 6.07) is 9.07. The van der Waals surface area contributed by atoms with Gasteiger partial charge in [-0.05, 0) is 18.1 Å². The third-order valence-electron chi connectivity index (χ3n) is 3.64. The lowest BCUT2D eigenvalue weighted by molar-refractivity contribution is -0.385. The van der Waals surface area contributed by atoms with Crippen LogP contribution in [0.2, 0.25) is 0 Å². The molecule has 0 saturated heterocycles. The van der Waals surface area contributed by atoms with Crippen LogP contribution in [-0.4, -0.2) is 24.6 Å². The topological polar surface area (TPSA) is 90.7 Å². The number of nitro benzene ring substituents is 1. The fraction of sp³-hybridized carbons (Fsp3) is 0.235. The van der Waals surface area contributed by atoms with Crippen molar-refractivity contribution in [3.63, 3.8) is 0 Å². The van der Waals surface area contributed by atoms with Crippen molar-refractivity contribution < 1.29 is 28.0 Å². The number of amides is 1. The number of methoxy groups -OCH3 is 1. The highest BCUT2D eigenvalue weighted by atomic mass is 19.3. The van der Waals surface area contributed by atoms with Gasteiger partial charge >= 0.3 is 6.61 Å². The quantitative estimate of drug-likeness (QED) is 0.599. The van der Waals surface area contributed by atoms with E-state index in [0.29, 0.717) is 0 Å². The number of nitrogens with one attached hydrogen (secondary N) is 1. The molecule has 0 radical (unpaired) electrons. The third-order valence-corrected chi connectivity index (χ3v) is 3.64. The van der Waals surface area contributed by atoms with Crippen LogP contribution in [0, 0.1) is 17.0 Å². The van der Waals surface area contributed by atoms with Gasteiger partial charge in [0.1, 0.15) is 5.56 Å². The fourth-order valence-corrected chi connectivity index (χ4v) is 2.31. The van der Waals surface area contributed by atoms with Gasteiger partial charge in [-0.25, -0.2) is 0 Å². The normalized spacial score (nSPS) is 10.5. The number of carbonyl (C=O) groups is 1. The molecular formula is C17H16F2N2O5. The first-order chi connectivity index (χ1) is 12.3. The minimum Gasteiger partial charge on any atom is -0.493 e. The van der Waals surface area contributed by atoms with Gasteiger partial charge in [-0.3, -0.25) is 14.9 Å². The summed E-state index contributed by atoms with van der Waals surface area (Å²) in [6.07, 6.45) is 0. The van der Waals surface area contributed by atoms with E-state index in [4.69, 9.17) is 4.74 Å².